The summed E-state index contributed by atoms with van der Waals surface area (Å²) in [6, 6.07) is 12.4. The highest BCUT2D eigenvalue weighted by molar-refractivity contribution is 6.11. The lowest BCUT2D eigenvalue weighted by Gasteiger charge is -2.23. The maximum absolute atomic E-state index is 13.7. The van der Waals surface area contributed by atoms with Crippen LogP contribution < -0.4 is 23.7 Å². The van der Waals surface area contributed by atoms with Crippen molar-refractivity contribution in [1.82, 2.24) is 0 Å². The zero-order valence-electron chi connectivity index (χ0n) is 44.9. The molecule has 14 nitrogen and oxygen atoms in total. The number of phenols is 4. The summed E-state index contributed by atoms with van der Waals surface area (Å²) in [7, 11) is 7.53. The van der Waals surface area contributed by atoms with E-state index in [1.807, 2.05) is 34.6 Å². The third-order valence-corrected chi connectivity index (χ3v) is 11.7. The van der Waals surface area contributed by atoms with Gasteiger partial charge in [-0.3, -0.25) is 9.59 Å². The van der Waals surface area contributed by atoms with Crippen LogP contribution >= 0.6 is 12.4 Å². The van der Waals surface area contributed by atoms with Gasteiger partial charge in [0.1, 0.15) is 57.3 Å². The number of aromatic hydroxyl groups is 4. The first-order valence-electron chi connectivity index (χ1n) is 23.6. The summed E-state index contributed by atoms with van der Waals surface area (Å²) in [6.07, 6.45) is 12.5. The fourth-order valence-electron chi connectivity index (χ4n) is 7.50. The number of benzene rings is 4. The van der Waals surface area contributed by atoms with Crippen molar-refractivity contribution in [3.63, 3.8) is 0 Å². The van der Waals surface area contributed by atoms with Crippen molar-refractivity contribution in [2.24, 2.45) is 11.8 Å². The minimum Gasteiger partial charge on any atom is -0.508 e. The first-order valence-corrected chi connectivity index (χ1v) is 23.6. The van der Waals surface area contributed by atoms with Crippen LogP contribution in [-0.2, 0) is 27.1 Å². The van der Waals surface area contributed by atoms with Gasteiger partial charge in [0.2, 0.25) is 0 Å². The number of rotatable bonds is 27. The van der Waals surface area contributed by atoms with Crippen LogP contribution in [0.4, 0.5) is 0 Å². The van der Waals surface area contributed by atoms with Gasteiger partial charge in [0.15, 0.2) is 31.9 Å². The van der Waals surface area contributed by atoms with Crippen LogP contribution in [0.1, 0.15) is 110 Å². The molecule has 0 saturated heterocycles. The number of carbonyl (C=O) groups is 2. The zero-order chi connectivity index (χ0) is 54.4. The molecule has 4 aromatic rings. The van der Waals surface area contributed by atoms with Crippen molar-refractivity contribution in [1.29, 1.82) is 0 Å². The quantitative estimate of drug-likeness (QED) is 0.0191. The molecule has 2 unspecified atom stereocenters. The van der Waals surface area contributed by atoms with Crippen molar-refractivity contribution < 1.29 is 67.9 Å². The largest absolute Gasteiger partial charge is 0.508 e. The predicted octanol–water partition coefficient (Wildman–Crippen LogP) is 13.5. The van der Waals surface area contributed by atoms with Crippen LogP contribution in [-0.4, -0.2) is 87.9 Å². The first-order chi connectivity index (χ1) is 34.7. The molecule has 0 fully saturated rings. The van der Waals surface area contributed by atoms with Gasteiger partial charge in [-0.25, -0.2) is 0 Å². The van der Waals surface area contributed by atoms with E-state index in [0.717, 1.165) is 40.3 Å². The van der Waals surface area contributed by atoms with E-state index in [0.29, 0.717) is 59.0 Å². The number of ether oxygens (including phenoxy) is 8. The van der Waals surface area contributed by atoms with E-state index in [1.165, 1.54) is 63.3 Å². The van der Waals surface area contributed by atoms with Gasteiger partial charge in [0.25, 0.3) is 0 Å². The molecule has 0 radical (unpaired) electrons. The molecule has 0 aromatic heterocycles. The Morgan fingerprint density at radius 3 is 1.56 bits per heavy atom. The van der Waals surface area contributed by atoms with Crippen LogP contribution in [0.3, 0.4) is 0 Å². The molecule has 4 aromatic carbocycles. The monoisotopic (exact) mass is 1060 g/mol. The third kappa shape index (κ3) is 20.0. The van der Waals surface area contributed by atoms with E-state index in [1.54, 1.807) is 44.6 Å². The molecular weight excluding hydrogens is 980 g/mol. The Labute approximate surface area is 450 Å². The average molecular weight is 1060 g/mol. The Balaban J connectivity index is 0.000000751. The summed E-state index contributed by atoms with van der Waals surface area (Å²) in [5.41, 5.74) is 7.67. The molecule has 0 bridgehead atoms. The van der Waals surface area contributed by atoms with Gasteiger partial charge in [-0.1, -0.05) is 55.0 Å². The summed E-state index contributed by atoms with van der Waals surface area (Å²) in [5, 5.41) is 40.8. The molecule has 4 rings (SSSR count). The molecule has 410 valence electrons. The minimum atomic E-state index is -0.566. The molecule has 2 atom stereocenters. The molecule has 0 spiro atoms. The Kier molecular flexibility index (Phi) is 29.1. The Morgan fingerprint density at radius 2 is 1.05 bits per heavy atom. The predicted molar refractivity (Wildman–Crippen MR) is 301 cm³/mol. The fraction of sp³-hybridized carbons (Fsp3) is 0.367. The molecule has 0 saturated carbocycles. The van der Waals surface area contributed by atoms with Crippen LogP contribution in [0.15, 0.2) is 108 Å². The second kappa shape index (κ2) is 33.1. The smallest absolute Gasteiger partial charge is 0.193 e. The fourth-order valence-corrected chi connectivity index (χ4v) is 7.50. The van der Waals surface area contributed by atoms with Crippen molar-refractivity contribution >= 4 is 36.1 Å². The van der Waals surface area contributed by atoms with Gasteiger partial charge in [0.05, 0.1) is 19.8 Å². The average Bonchev–Trinajstić information content (AvgIpc) is 3.34. The SMILES string of the molecule is C.C=C(C)C(CC=C(C)C)Cc1c(O)cc(OC)c(C(=O)/C=C/c2ccc(O)cc2O)c1O.C=C(C)C(CC=C(C)C)Cc1c(OCOC)cc(OC)c(C(=O)/C=C/c2ccc(OCOC)cc2OCOC)c1C.Cl. The Morgan fingerprint density at radius 1 is 0.573 bits per heavy atom. The molecule has 75 heavy (non-hydrogen) atoms. The highest BCUT2D eigenvalue weighted by Crippen LogP contribution is 2.42. The van der Waals surface area contributed by atoms with Crippen molar-refractivity contribution in [2.75, 3.05) is 55.9 Å². The van der Waals surface area contributed by atoms with Gasteiger partial charge in [-0.15, -0.1) is 12.4 Å². The van der Waals surface area contributed by atoms with Crippen molar-refractivity contribution in [2.45, 2.75) is 81.6 Å². The number of halogens is 1. The van der Waals surface area contributed by atoms with E-state index in [9.17, 15) is 30.0 Å². The molecule has 0 heterocycles. The molecule has 0 amide bonds. The van der Waals surface area contributed by atoms with E-state index in [-0.39, 0.29) is 97.7 Å². The van der Waals surface area contributed by atoms with Crippen molar-refractivity contribution in [3.8, 4) is 51.7 Å². The highest BCUT2D eigenvalue weighted by atomic mass is 35.5. The van der Waals surface area contributed by atoms with Crippen molar-refractivity contribution in [3.05, 3.63) is 147 Å². The topological polar surface area (TPSA) is 189 Å². The second-order valence-corrected chi connectivity index (χ2v) is 17.9. The van der Waals surface area contributed by atoms with Crippen LogP contribution in [0.5, 0.6) is 51.7 Å². The number of ketones is 2. The number of hydrogen-bond acceptors (Lipinski definition) is 14. The van der Waals surface area contributed by atoms with Crippen LogP contribution in [0.2, 0.25) is 0 Å². The van der Waals surface area contributed by atoms with Gasteiger partial charge < -0.3 is 58.3 Å². The lowest BCUT2D eigenvalue weighted by Crippen LogP contribution is -2.13. The van der Waals surface area contributed by atoms with E-state index in [2.05, 4.69) is 39.2 Å². The summed E-state index contributed by atoms with van der Waals surface area (Å²) in [5.74, 6) is 0.664. The van der Waals surface area contributed by atoms with Gasteiger partial charge in [0, 0.05) is 62.3 Å². The van der Waals surface area contributed by atoms with E-state index >= 15 is 0 Å². The molecule has 0 aliphatic rings. The molecule has 0 aliphatic carbocycles. The summed E-state index contributed by atoms with van der Waals surface area (Å²) in [6.45, 7) is 22.4. The van der Waals surface area contributed by atoms with Crippen LogP contribution in [0.25, 0.3) is 12.2 Å². The maximum Gasteiger partial charge on any atom is 0.193 e. The lowest BCUT2D eigenvalue weighted by atomic mass is 9.86. The van der Waals surface area contributed by atoms with Gasteiger partial charge in [-0.05, 0) is 146 Å². The number of hydrogen-bond donors (Lipinski definition) is 4. The normalized spacial score (nSPS) is 11.5. The number of phenolic OH excluding ortho intramolecular Hbond substituents is 4. The Hall–Kier alpha value is -6.97. The first kappa shape index (κ1) is 66.0. The minimum absolute atomic E-state index is 0. The zero-order valence-corrected chi connectivity index (χ0v) is 45.7. The number of methoxy groups -OCH3 is 5. The molecule has 0 aliphatic heterocycles. The summed E-state index contributed by atoms with van der Waals surface area (Å²) < 4.78 is 43.3. The molecular formula is C60H79ClO14. The maximum atomic E-state index is 13.7. The summed E-state index contributed by atoms with van der Waals surface area (Å²) >= 11 is 0. The summed E-state index contributed by atoms with van der Waals surface area (Å²) in [4.78, 5) is 26.6. The number of allylic oxidation sites excluding steroid dienone is 8. The standard InChI is InChI=1S/C33H44O8.C26H30O6.CH4.ClH/c1-22(2)10-11-26(23(3)4)16-28-24(5)33(32(38-9)18-31(28)41-21-37-8)29(34)15-13-25-12-14-27(39-19-35-6)17-30(25)40-20-36-7;1-15(2)6-7-18(16(3)4)12-20-23(30)14-24(32-5)25(26(20)31)21(28)11-9-17-8-10-19(27)13-22(17)29;;/h10,12-15,17-18,26H,3,11,16,19-21H2,1-2,4-9H3;6,8-11,13-14,18,27,29-31H,3,7,12H2,1-2,4-5H3;1H4;1H/b15-13+;11-9+;;. The lowest BCUT2D eigenvalue weighted by molar-refractivity contribution is 0.0459. The van der Waals surface area contributed by atoms with Gasteiger partial charge >= 0.3 is 0 Å². The third-order valence-electron chi connectivity index (χ3n) is 11.7. The van der Waals surface area contributed by atoms with Crippen LogP contribution in [0, 0.1) is 18.8 Å². The van der Waals surface area contributed by atoms with Gasteiger partial charge in [-0.2, -0.15) is 0 Å². The molecule has 4 N–H and O–H groups in total. The number of carbonyl (C=O) groups excluding carboxylic acids is 2. The molecule has 15 heteroatoms. The van der Waals surface area contributed by atoms with E-state index < -0.39 is 5.78 Å². The second-order valence-electron chi connectivity index (χ2n) is 17.9. The highest BCUT2D eigenvalue weighted by Gasteiger charge is 2.26. The van der Waals surface area contributed by atoms with E-state index in [4.69, 9.17) is 37.9 Å². The Bertz CT molecular complexity index is 2670.